The molecule has 0 aliphatic heterocycles. The van der Waals surface area contributed by atoms with E-state index < -0.39 is 0 Å². The third-order valence-corrected chi connectivity index (χ3v) is 2.58. The minimum absolute atomic E-state index is 0.140. The fourth-order valence-corrected chi connectivity index (χ4v) is 1.40. The van der Waals surface area contributed by atoms with Crippen LogP contribution in [0.4, 0.5) is 0 Å². The van der Waals surface area contributed by atoms with Crippen LogP contribution < -0.4 is 15.5 Å². The molecule has 4 N–H and O–H groups in total. The molecule has 0 saturated heterocycles. The Hall–Kier alpha value is -2.21. The van der Waals surface area contributed by atoms with Crippen LogP contribution >= 0.6 is 0 Å². The molecular formula is C14H20N3O3+. The Morgan fingerprint density at radius 3 is 2.85 bits per heavy atom. The van der Waals surface area contributed by atoms with Crippen LogP contribution in [0.1, 0.15) is 12.5 Å². The maximum absolute atomic E-state index is 11.0. The summed E-state index contributed by atoms with van der Waals surface area (Å²) in [6.07, 6.45) is 0. The van der Waals surface area contributed by atoms with Gasteiger partial charge in [-0.05, 0) is 17.7 Å². The standard InChI is InChI=1S/C14H19N3O3/c1-10(15)13(16)9-20-12-5-3-4-11(6-12)7-17-8-14(18)19-2/h3-6,15-17H,7-9H2,1-2H3/p+1. The van der Waals surface area contributed by atoms with Crippen molar-refractivity contribution in [2.75, 3.05) is 20.3 Å². The van der Waals surface area contributed by atoms with Crippen molar-refractivity contribution in [3.05, 3.63) is 29.8 Å². The number of esters is 1. The number of methoxy groups -OCH3 is 1. The summed E-state index contributed by atoms with van der Waals surface area (Å²) in [4.78, 5) is 11.0. The van der Waals surface area contributed by atoms with Crippen LogP contribution in [0.3, 0.4) is 0 Å². The second-order valence-corrected chi connectivity index (χ2v) is 4.28. The summed E-state index contributed by atoms with van der Waals surface area (Å²) < 4.78 is 10.0. The minimum Gasteiger partial charge on any atom is -0.487 e. The Bertz CT molecular complexity index is 500. The van der Waals surface area contributed by atoms with E-state index in [4.69, 9.17) is 15.6 Å². The van der Waals surface area contributed by atoms with Crippen molar-refractivity contribution in [1.82, 2.24) is 5.32 Å². The SMILES string of the molecule is COC(=O)CNCc1cccc(OCC(=N)C(C)=[NH2+])c1. The van der Waals surface area contributed by atoms with Crippen LogP contribution in [0, 0.1) is 5.41 Å². The number of ether oxygens (including phenoxy) is 2. The topological polar surface area (TPSA) is 97.0 Å². The molecule has 0 fully saturated rings. The molecule has 0 aliphatic rings. The normalized spacial score (nSPS) is 9.90. The zero-order valence-electron chi connectivity index (χ0n) is 11.7. The summed E-state index contributed by atoms with van der Waals surface area (Å²) in [6, 6.07) is 7.43. The predicted molar refractivity (Wildman–Crippen MR) is 76.0 cm³/mol. The van der Waals surface area contributed by atoms with Crippen molar-refractivity contribution in [2.45, 2.75) is 13.5 Å². The Morgan fingerprint density at radius 1 is 1.45 bits per heavy atom. The van der Waals surface area contributed by atoms with E-state index in [0.717, 1.165) is 5.56 Å². The van der Waals surface area contributed by atoms with Crippen molar-refractivity contribution in [2.24, 2.45) is 0 Å². The Morgan fingerprint density at radius 2 is 2.20 bits per heavy atom. The number of hydrogen-bond acceptors (Lipinski definition) is 5. The molecule has 0 radical (unpaired) electrons. The van der Waals surface area contributed by atoms with Crippen LogP contribution in [0.25, 0.3) is 0 Å². The van der Waals surface area contributed by atoms with Crippen molar-refractivity contribution in [3.8, 4) is 5.75 Å². The number of hydrogen-bond donors (Lipinski definition) is 3. The third kappa shape index (κ3) is 5.62. The summed E-state index contributed by atoms with van der Waals surface area (Å²) in [7, 11) is 1.35. The van der Waals surface area contributed by atoms with Crippen LogP contribution in [0.2, 0.25) is 0 Å². The van der Waals surface area contributed by atoms with Gasteiger partial charge in [-0.25, -0.2) is 0 Å². The maximum Gasteiger partial charge on any atom is 0.319 e. The number of carbonyl (C=O) groups is 1. The number of benzene rings is 1. The van der Waals surface area contributed by atoms with Gasteiger partial charge in [0.25, 0.3) is 0 Å². The van der Waals surface area contributed by atoms with Gasteiger partial charge >= 0.3 is 5.97 Å². The molecule has 1 aromatic carbocycles. The Kier molecular flexibility index (Phi) is 6.39. The Balaban J connectivity index is 2.47. The molecule has 1 rings (SSSR count). The summed E-state index contributed by atoms with van der Waals surface area (Å²) in [6.45, 7) is 2.50. The molecule has 0 amide bonds. The van der Waals surface area contributed by atoms with E-state index in [2.05, 4.69) is 10.1 Å². The molecule has 0 atom stereocenters. The van der Waals surface area contributed by atoms with Gasteiger partial charge in [-0.1, -0.05) is 12.1 Å². The van der Waals surface area contributed by atoms with Gasteiger partial charge in [-0.3, -0.25) is 15.6 Å². The molecule has 6 nitrogen and oxygen atoms in total. The second-order valence-electron chi connectivity index (χ2n) is 4.28. The number of carbonyl (C=O) groups excluding carboxylic acids is 1. The summed E-state index contributed by atoms with van der Waals surface area (Å²) in [5.41, 5.74) is 1.69. The highest BCUT2D eigenvalue weighted by Gasteiger charge is 2.06. The van der Waals surface area contributed by atoms with Gasteiger partial charge in [0.15, 0.2) is 5.71 Å². The van der Waals surface area contributed by atoms with Crippen LogP contribution in [-0.2, 0) is 16.1 Å². The van der Waals surface area contributed by atoms with Crippen molar-refractivity contribution in [3.63, 3.8) is 0 Å². The van der Waals surface area contributed by atoms with Crippen molar-refractivity contribution >= 4 is 17.4 Å². The van der Waals surface area contributed by atoms with Gasteiger partial charge in [-0.2, -0.15) is 0 Å². The molecule has 0 bridgehead atoms. The van der Waals surface area contributed by atoms with Gasteiger partial charge < -0.3 is 14.8 Å². The zero-order valence-corrected chi connectivity index (χ0v) is 11.7. The average molecular weight is 278 g/mol. The molecule has 20 heavy (non-hydrogen) atoms. The monoisotopic (exact) mass is 278 g/mol. The van der Waals surface area contributed by atoms with E-state index in [1.54, 1.807) is 6.92 Å². The first kappa shape index (κ1) is 15.8. The smallest absolute Gasteiger partial charge is 0.319 e. The molecule has 108 valence electrons. The molecule has 0 saturated carbocycles. The lowest BCUT2D eigenvalue weighted by Gasteiger charge is -2.08. The highest BCUT2D eigenvalue weighted by molar-refractivity contribution is 6.38. The number of nitrogens with two attached hydrogens (primary N) is 1. The first-order valence-electron chi connectivity index (χ1n) is 6.19. The first-order chi connectivity index (χ1) is 9.52. The summed E-state index contributed by atoms with van der Waals surface area (Å²) in [5, 5.41) is 16.0. The number of nitrogens with one attached hydrogen (secondary N) is 2. The summed E-state index contributed by atoms with van der Waals surface area (Å²) in [5.74, 6) is 0.355. The molecule has 1 aromatic rings. The second kappa shape index (κ2) is 8.06. The molecular weight excluding hydrogens is 258 g/mol. The van der Waals surface area contributed by atoms with Crippen molar-refractivity contribution < 1.29 is 19.7 Å². The Labute approximate surface area is 118 Å². The molecule has 6 heteroatoms. The van der Waals surface area contributed by atoms with Crippen LogP contribution in [0.15, 0.2) is 24.3 Å². The highest BCUT2D eigenvalue weighted by atomic mass is 16.5. The van der Waals surface area contributed by atoms with E-state index in [1.165, 1.54) is 7.11 Å². The fraction of sp³-hybridized carbons (Fsp3) is 0.357. The molecule has 0 spiro atoms. The molecule has 0 aliphatic carbocycles. The first-order valence-corrected chi connectivity index (χ1v) is 6.19. The van der Waals surface area contributed by atoms with E-state index in [9.17, 15) is 4.79 Å². The quantitative estimate of drug-likeness (QED) is 0.444. The lowest BCUT2D eigenvalue weighted by Crippen LogP contribution is -2.44. The summed E-state index contributed by atoms with van der Waals surface area (Å²) >= 11 is 0. The van der Waals surface area contributed by atoms with E-state index in [1.807, 2.05) is 24.3 Å². The van der Waals surface area contributed by atoms with Crippen LogP contribution in [-0.4, -0.2) is 37.7 Å². The predicted octanol–water partition coefficient (Wildman–Crippen LogP) is -0.432. The lowest BCUT2D eigenvalue weighted by molar-refractivity contribution is -0.139. The van der Waals surface area contributed by atoms with E-state index >= 15 is 0 Å². The van der Waals surface area contributed by atoms with Crippen LogP contribution in [0.5, 0.6) is 5.75 Å². The molecule has 0 unspecified atom stereocenters. The fourth-order valence-electron chi connectivity index (χ4n) is 1.40. The van der Waals surface area contributed by atoms with Gasteiger partial charge in [0.2, 0.25) is 0 Å². The van der Waals surface area contributed by atoms with E-state index in [-0.39, 0.29) is 24.8 Å². The van der Waals surface area contributed by atoms with Gasteiger partial charge in [0.1, 0.15) is 18.1 Å². The minimum atomic E-state index is -0.306. The zero-order chi connectivity index (χ0) is 15.0. The van der Waals surface area contributed by atoms with Gasteiger partial charge in [0, 0.05) is 13.5 Å². The molecule has 0 heterocycles. The van der Waals surface area contributed by atoms with Gasteiger partial charge in [-0.15, -0.1) is 0 Å². The van der Waals surface area contributed by atoms with Gasteiger partial charge in [0.05, 0.1) is 13.7 Å². The third-order valence-electron chi connectivity index (χ3n) is 2.58. The van der Waals surface area contributed by atoms with E-state index in [0.29, 0.717) is 18.0 Å². The highest BCUT2D eigenvalue weighted by Crippen LogP contribution is 2.13. The number of rotatable bonds is 8. The average Bonchev–Trinajstić information content (AvgIpc) is 2.44. The van der Waals surface area contributed by atoms with Crippen molar-refractivity contribution in [1.29, 1.82) is 5.41 Å². The largest absolute Gasteiger partial charge is 0.487 e. The maximum atomic E-state index is 11.0. The lowest BCUT2D eigenvalue weighted by atomic mass is 10.2. The molecule has 0 aromatic heterocycles.